The van der Waals surface area contributed by atoms with E-state index in [0.717, 1.165) is 0 Å². The molecule has 1 N–H and O–H groups in total. The molecular formula is C11H8FN5O. The van der Waals surface area contributed by atoms with Crippen molar-refractivity contribution in [3.05, 3.63) is 35.9 Å². The Kier molecular flexibility index (Phi) is 2.36. The van der Waals surface area contributed by atoms with Gasteiger partial charge in [0.1, 0.15) is 12.1 Å². The summed E-state index contributed by atoms with van der Waals surface area (Å²) < 4.78 is 18.5. The van der Waals surface area contributed by atoms with Crippen LogP contribution >= 0.6 is 0 Å². The number of nitrogens with one attached hydrogen (secondary N) is 1. The first-order valence-electron chi connectivity index (χ1n) is 5.20. The van der Waals surface area contributed by atoms with Crippen molar-refractivity contribution in [1.29, 1.82) is 0 Å². The van der Waals surface area contributed by atoms with Crippen molar-refractivity contribution in [3.8, 4) is 23.1 Å². The monoisotopic (exact) mass is 245 g/mol. The number of H-pyrrole nitrogens is 1. The zero-order valence-electron chi connectivity index (χ0n) is 9.38. The highest BCUT2D eigenvalue weighted by Crippen LogP contribution is 2.21. The third kappa shape index (κ3) is 1.75. The minimum atomic E-state index is -0.313. The molecule has 7 heteroatoms. The van der Waals surface area contributed by atoms with Gasteiger partial charge in [0, 0.05) is 5.56 Å². The second kappa shape index (κ2) is 4.02. The van der Waals surface area contributed by atoms with Gasteiger partial charge in [-0.15, -0.1) is 0 Å². The highest BCUT2D eigenvalue weighted by atomic mass is 19.1. The molecule has 0 spiro atoms. The van der Waals surface area contributed by atoms with Gasteiger partial charge < -0.3 is 4.52 Å². The van der Waals surface area contributed by atoms with E-state index < -0.39 is 0 Å². The zero-order valence-corrected chi connectivity index (χ0v) is 9.38. The van der Waals surface area contributed by atoms with Gasteiger partial charge in [-0.2, -0.15) is 10.1 Å². The van der Waals surface area contributed by atoms with Gasteiger partial charge in [-0.3, -0.25) is 5.10 Å². The molecule has 18 heavy (non-hydrogen) atoms. The van der Waals surface area contributed by atoms with Crippen LogP contribution in [0.25, 0.3) is 23.1 Å². The summed E-state index contributed by atoms with van der Waals surface area (Å²) in [7, 11) is 0. The van der Waals surface area contributed by atoms with Crippen LogP contribution in [0, 0.1) is 12.7 Å². The van der Waals surface area contributed by atoms with Crippen LogP contribution < -0.4 is 0 Å². The van der Waals surface area contributed by atoms with E-state index in [2.05, 4.69) is 25.3 Å². The van der Waals surface area contributed by atoms with Gasteiger partial charge in [0.15, 0.2) is 5.82 Å². The number of rotatable bonds is 2. The summed E-state index contributed by atoms with van der Waals surface area (Å²) in [4.78, 5) is 8.01. The van der Waals surface area contributed by atoms with Gasteiger partial charge in [-0.05, 0) is 24.6 Å². The number of halogens is 1. The summed E-state index contributed by atoms with van der Waals surface area (Å²) in [6, 6.07) is 4.73. The summed E-state index contributed by atoms with van der Waals surface area (Å²) in [6.07, 6.45) is 1.34. The highest BCUT2D eigenvalue weighted by molar-refractivity contribution is 5.56. The topological polar surface area (TPSA) is 80.5 Å². The molecule has 0 aliphatic carbocycles. The van der Waals surface area contributed by atoms with Crippen LogP contribution in [-0.4, -0.2) is 25.3 Å². The fraction of sp³-hybridized carbons (Fsp3) is 0.0909. The minimum Gasteiger partial charge on any atom is -0.333 e. The van der Waals surface area contributed by atoms with E-state index >= 15 is 0 Å². The Morgan fingerprint density at radius 1 is 1.33 bits per heavy atom. The normalized spacial score (nSPS) is 10.8. The summed E-state index contributed by atoms with van der Waals surface area (Å²) >= 11 is 0. The van der Waals surface area contributed by atoms with Crippen molar-refractivity contribution in [2.75, 3.05) is 0 Å². The molecule has 3 rings (SSSR count). The van der Waals surface area contributed by atoms with Crippen molar-refractivity contribution in [2.24, 2.45) is 0 Å². The standard InChI is InChI=1S/C11H8FN5O/c1-6-2-3-7(4-8(6)12)11-15-10(17-18-11)9-13-5-14-16-9/h2-5H,1H3,(H,13,14,16). The fourth-order valence-corrected chi connectivity index (χ4v) is 1.48. The average Bonchev–Trinajstić information content (AvgIpc) is 3.01. The molecule has 0 bridgehead atoms. The molecule has 0 radical (unpaired) electrons. The fourth-order valence-electron chi connectivity index (χ4n) is 1.48. The van der Waals surface area contributed by atoms with Crippen molar-refractivity contribution in [1.82, 2.24) is 25.3 Å². The first-order chi connectivity index (χ1) is 8.74. The lowest BCUT2D eigenvalue weighted by molar-refractivity contribution is 0.431. The van der Waals surface area contributed by atoms with Crippen LogP contribution in [0.2, 0.25) is 0 Å². The molecule has 3 aromatic rings. The van der Waals surface area contributed by atoms with Crippen LogP contribution in [0.1, 0.15) is 5.56 Å². The molecule has 0 saturated heterocycles. The Labute approximate surface area is 101 Å². The van der Waals surface area contributed by atoms with E-state index in [4.69, 9.17) is 4.52 Å². The molecule has 0 unspecified atom stereocenters. The number of benzene rings is 1. The van der Waals surface area contributed by atoms with E-state index in [0.29, 0.717) is 17.0 Å². The molecule has 1 aromatic carbocycles. The summed E-state index contributed by atoms with van der Waals surface area (Å²) in [5, 5.41) is 10.1. The lowest BCUT2D eigenvalue weighted by Gasteiger charge is -1.97. The van der Waals surface area contributed by atoms with E-state index in [-0.39, 0.29) is 17.5 Å². The number of aromatic nitrogens is 5. The summed E-state index contributed by atoms with van der Waals surface area (Å²) in [5.74, 6) is 0.605. The second-order valence-electron chi connectivity index (χ2n) is 3.72. The lowest BCUT2D eigenvalue weighted by Crippen LogP contribution is -1.86. The second-order valence-corrected chi connectivity index (χ2v) is 3.72. The molecule has 6 nitrogen and oxygen atoms in total. The minimum absolute atomic E-state index is 0.236. The summed E-state index contributed by atoms with van der Waals surface area (Å²) in [5.41, 5.74) is 1.09. The Hall–Kier alpha value is -2.57. The van der Waals surface area contributed by atoms with Gasteiger partial charge in [-0.25, -0.2) is 9.37 Å². The number of nitrogens with zero attached hydrogens (tertiary/aromatic N) is 4. The predicted octanol–water partition coefficient (Wildman–Crippen LogP) is 1.97. The quantitative estimate of drug-likeness (QED) is 0.746. The zero-order chi connectivity index (χ0) is 12.5. The van der Waals surface area contributed by atoms with E-state index in [1.165, 1.54) is 12.4 Å². The molecular weight excluding hydrogens is 237 g/mol. The van der Waals surface area contributed by atoms with E-state index in [1.807, 2.05) is 0 Å². The molecule has 2 heterocycles. The third-order valence-corrected chi connectivity index (χ3v) is 2.47. The molecule has 0 aliphatic heterocycles. The van der Waals surface area contributed by atoms with Gasteiger partial charge in [-0.1, -0.05) is 11.2 Å². The molecule has 0 amide bonds. The van der Waals surface area contributed by atoms with Crippen LogP contribution in [0.5, 0.6) is 0 Å². The van der Waals surface area contributed by atoms with Crippen LogP contribution in [0.3, 0.4) is 0 Å². The Balaban J connectivity index is 2.00. The number of aryl methyl sites for hydroxylation is 1. The lowest BCUT2D eigenvalue weighted by atomic mass is 10.1. The molecule has 0 atom stereocenters. The highest BCUT2D eigenvalue weighted by Gasteiger charge is 2.13. The Morgan fingerprint density at radius 2 is 2.22 bits per heavy atom. The molecule has 0 saturated carbocycles. The van der Waals surface area contributed by atoms with Crippen molar-refractivity contribution >= 4 is 0 Å². The number of hydrogen-bond donors (Lipinski definition) is 1. The van der Waals surface area contributed by atoms with Gasteiger partial charge in [0.2, 0.25) is 5.82 Å². The number of aromatic amines is 1. The molecule has 0 aliphatic rings. The van der Waals surface area contributed by atoms with E-state index in [1.54, 1.807) is 19.1 Å². The molecule has 90 valence electrons. The van der Waals surface area contributed by atoms with E-state index in [9.17, 15) is 4.39 Å². The maximum Gasteiger partial charge on any atom is 0.258 e. The van der Waals surface area contributed by atoms with Crippen molar-refractivity contribution < 1.29 is 8.91 Å². The largest absolute Gasteiger partial charge is 0.333 e. The van der Waals surface area contributed by atoms with Crippen LogP contribution in [-0.2, 0) is 0 Å². The molecule has 2 aromatic heterocycles. The SMILES string of the molecule is Cc1ccc(-c2nc(-c3ncn[nH]3)no2)cc1F. The average molecular weight is 245 g/mol. The van der Waals surface area contributed by atoms with Crippen LogP contribution in [0.4, 0.5) is 4.39 Å². The maximum atomic E-state index is 13.4. The Morgan fingerprint density at radius 3 is 2.94 bits per heavy atom. The smallest absolute Gasteiger partial charge is 0.258 e. The van der Waals surface area contributed by atoms with Gasteiger partial charge >= 0.3 is 0 Å². The third-order valence-electron chi connectivity index (χ3n) is 2.47. The first-order valence-corrected chi connectivity index (χ1v) is 5.20. The van der Waals surface area contributed by atoms with Crippen LogP contribution in [0.15, 0.2) is 29.0 Å². The first kappa shape index (κ1) is 10.6. The molecule has 0 fully saturated rings. The predicted molar refractivity (Wildman–Crippen MR) is 59.8 cm³/mol. The summed E-state index contributed by atoms with van der Waals surface area (Å²) in [6.45, 7) is 1.69. The number of hydrogen-bond acceptors (Lipinski definition) is 5. The maximum absolute atomic E-state index is 13.4. The van der Waals surface area contributed by atoms with Gasteiger partial charge in [0.05, 0.1) is 0 Å². The Bertz CT molecular complexity index is 677. The van der Waals surface area contributed by atoms with Crippen molar-refractivity contribution in [2.45, 2.75) is 6.92 Å². The van der Waals surface area contributed by atoms with Crippen molar-refractivity contribution in [3.63, 3.8) is 0 Å². The van der Waals surface area contributed by atoms with Gasteiger partial charge in [0.25, 0.3) is 5.89 Å².